The third-order valence-corrected chi connectivity index (χ3v) is 4.66. The fourth-order valence-electron chi connectivity index (χ4n) is 2.90. The van der Waals surface area contributed by atoms with E-state index in [1.165, 1.54) is 11.8 Å². The van der Waals surface area contributed by atoms with Crippen LogP contribution in [0.5, 0.6) is 5.75 Å². The average Bonchev–Trinajstić information content (AvgIpc) is 2.79. The van der Waals surface area contributed by atoms with Gasteiger partial charge in [-0.2, -0.15) is 5.10 Å². The minimum Gasteiger partial charge on any atom is -0.488 e. The fourth-order valence-corrected chi connectivity index (χ4v) is 2.90. The van der Waals surface area contributed by atoms with Crippen molar-refractivity contribution in [1.29, 1.82) is 0 Å². The van der Waals surface area contributed by atoms with E-state index in [4.69, 9.17) is 4.74 Å². The van der Waals surface area contributed by atoms with Crippen LogP contribution >= 0.6 is 0 Å². The number of hydrogen-bond acceptors (Lipinski definition) is 4. The lowest BCUT2D eigenvalue weighted by Crippen LogP contribution is -2.32. The van der Waals surface area contributed by atoms with Gasteiger partial charge in [-0.25, -0.2) is 5.43 Å². The van der Waals surface area contributed by atoms with Crippen molar-refractivity contribution in [3.05, 3.63) is 95.1 Å². The second kappa shape index (κ2) is 10.7. The van der Waals surface area contributed by atoms with Crippen molar-refractivity contribution in [2.24, 2.45) is 5.10 Å². The Hall–Kier alpha value is -3.93. The highest BCUT2D eigenvalue weighted by Crippen LogP contribution is 2.18. The first-order valence-electron chi connectivity index (χ1n) is 10.1. The number of nitrogens with one attached hydrogen (secondary N) is 2. The van der Waals surface area contributed by atoms with Crippen LogP contribution in [0.15, 0.2) is 77.9 Å². The van der Waals surface area contributed by atoms with E-state index < -0.39 is 11.8 Å². The number of nitrogens with zero attached hydrogens (tertiary/aromatic N) is 1. The van der Waals surface area contributed by atoms with Gasteiger partial charge in [-0.05, 0) is 42.7 Å². The van der Waals surface area contributed by atoms with Crippen LogP contribution in [0, 0.1) is 6.92 Å². The first-order valence-corrected chi connectivity index (χ1v) is 10.1. The van der Waals surface area contributed by atoms with Gasteiger partial charge in [0.25, 0.3) is 0 Å². The molecule has 31 heavy (non-hydrogen) atoms. The third-order valence-electron chi connectivity index (χ3n) is 4.66. The number of hydrazone groups is 1. The Morgan fingerprint density at radius 3 is 2.42 bits per heavy atom. The minimum atomic E-state index is -0.847. The van der Waals surface area contributed by atoms with E-state index in [1.54, 1.807) is 12.1 Å². The smallest absolute Gasteiger partial charge is 0.329 e. The van der Waals surface area contributed by atoms with Crippen LogP contribution in [-0.2, 0) is 22.6 Å². The number of carbonyl (C=O) groups is 2. The maximum absolute atomic E-state index is 12.2. The number of anilines is 1. The van der Waals surface area contributed by atoms with Gasteiger partial charge in [0.15, 0.2) is 0 Å². The van der Waals surface area contributed by atoms with E-state index in [9.17, 15) is 9.59 Å². The van der Waals surface area contributed by atoms with Gasteiger partial charge in [0, 0.05) is 11.3 Å². The zero-order chi connectivity index (χ0) is 22.1. The second-order valence-electron chi connectivity index (χ2n) is 6.98. The van der Waals surface area contributed by atoms with Gasteiger partial charge in [0.1, 0.15) is 12.4 Å². The van der Waals surface area contributed by atoms with E-state index in [1.807, 2.05) is 74.5 Å². The van der Waals surface area contributed by atoms with E-state index in [0.717, 1.165) is 17.5 Å². The molecule has 0 unspecified atom stereocenters. The Morgan fingerprint density at radius 1 is 0.935 bits per heavy atom. The predicted molar refractivity (Wildman–Crippen MR) is 122 cm³/mol. The summed E-state index contributed by atoms with van der Waals surface area (Å²) in [5, 5.41) is 6.52. The van der Waals surface area contributed by atoms with Crippen molar-refractivity contribution in [1.82, 2.24) is 5.43 Å². The maximum atomic E-state index is 12.2. The van der Waals surface area contributed by atoms with Gasteiger partial charge in [-0.1, -0.05) is 67.1 Å². The van der Waals surface area contributed by atoms with E-state index >= 15 is 0 Å². The molecule has 3 rings (SSSR count). The minimum absolute atomic E-state index is 0.413. The van der Waals surface area contributed by atoms with Gasteiger partial charge in [-0.3, -0.25) is 9.59 Å². The molecule has 0 spiro atoms. The lowest BCUT2D eigenvalue weighted by atomic mass is 10.1. The van der Waals surface area contributed by atoms with Crippen molar-refractivity contribution in [2.75, 3.05) is 5.32 Å². The number of benzene rings is 3. The topological polar surface area (TPSA) is 79.8 Å². The van der Waals surface area contributed by atoms with Crippen LogP contribution < -0.4 is 15.5 Å². The average molecular weight is 415 g/mol. The summed E-state index contributed by atoms with van der Waals surface area (Å²) >= 11 is 0. The monoisotopic (exact) mass is 415 g/mol. The zero-order valence-electron chi connectivity index (χ0n) is 17.6. The molecule has 3 aromatic rings. The molecule has 158 valence electrons. The molecule has 6 heteroatoms. The quantitative estimate of drug-likeness (QED) is 0.344. The number of aryl methyl sites for hydroxylation is 2. The molecular formula is C25H25N3O3. The molecule has 2 N–H and O–H groups in total. The summed E-state index contributed by atoms with van der Waals surface area (Å²) in [5.74, 6) is -0.996. The summed E-state index contributed by atoms with van der Waals surface area (Å²) in [6.07, 6.45) is 2.20. The number of hydrogen-bond donors (Lipinski definition) is 2. The molecule has 0 aromatic heterocycles. The molecule has 0 heterocycles. The lowest BCUT2D eigenvalue weighted by molar-refractivity contribution is -0.136. The largest absolute Gasteiger partial charge is 0.488 e. The normalized spacial score (nSPS) is 10.6. The Balaban J connectivity index is 1.58. The van der Waals surface area contributed by atoms with E-state index in [-0.39, 0.29) is 0 Å². The highest BCUT2D eigenvalue weighted by Gasteiger charge is 2.14. The number of ether oxygens (including phenoxy) is 1. The lowest BCUT2D eigenvalue weighted by Gasteiger charge is -2.09. The van der Waals surface area contributed by atoms with E-state index in [2.05, 4.69) is 15.8 Å². The van der Waals surface area contributed by atoms with Crippen LogP contribution in [0.3, 0.4) is 0 Å². The summed E-state index contributed by atoms with van der Waals surface area (Å²) in [5.41, 5.74) is 6.75. The van der Waals surface area contributed by atoms with Crippen LogP contribution in [0.25, 0.3) is 0 Å². The second-order valence-corrected chi connectivity index (χ2v) is 6.98. The summed E-state index contributed by atoms with van der Waals surface area (Å²) in [6.45, 7) is 4.43. The molecule has 0 radical (unpaired) electrons. The van der Waals surface area contributed by atoms with Crippen molar-refractivity contribution >= 4 is 23.7 Å². The van der Waals surface area contributed by atoms with Crippen LogP contribution in [0.2, 0.25) is 0 Å². The first-order chi connectivity index (χ1) is 15.1. The molecule has 0 saturated heterocycles. The molecule has 0 aliphatic carbocycles. The molecule has 0 fully saturated rings. The number of rotatable bonds is 7. The first kappa shape index (κ1) is 21.8. The highest BCUT2D eigenvalue weighted by atomic mass is 16.5. The number of carbonyl (C=O) groups excluding carboxylic acids is 2. The molecular weight excluding hydrogens is 390 g/mol. The molecule has 0 saturated carbocycles. The van der Waals surface area contributed by atoms with Crippen molar-refractivity contribution in [2.45, 2.75) is 26.9 Å². The van der Waals surface area contributed by atoms with Gasteiger partial charge < -0.3 is 10.1 Å². The Bertz CT molecular complexity index is 1080. The van der Waals surface area contributed by atoms with Crippen molar-refractivity contribution in [3.8, 4) is 5.75 Å². The highest BCUT2D eigenvalue weighted by molar-refractivity contribution is 6.39. The zero-order valence-corrected chi connectivity index (χ0v) is 17.6. The molecule has 0 bridgehead atoms. The number of para-hydroxylation sites is 2. The SMILES string of the molecule is CCc1ccccc1NC(=O)C(=O)N/N=C\c1ccccc1OCc1ccc(C)cc1. The third kappa shape index (κ3) is 6.27. The van der Waals surface area contributed by atoms with Gasteiger partial charge in [0.2, 0.25) is 0 Å². The fraction of sp³-hybridized carbons (Fsp3) is 0.160. The Labute approximate surface area is 182 Å². The van der Waals surface area contributed by atoms with Crippen LogP contribution in [0.1, 0.15) is 29.2 Å². The molecule has 0 aliphatic heterocycles. The maximum Gasteiger partial charge on any atom is 0.329 e. The molecule has 6 nitrogen and oxygen atoms in total. The van der Waals surface area contributed by atoms with Crippen molar-refractivity contribution in [3.63, 3.8) is 0 Å². The summed E-state index contributed by atoms with van der Waals surface area (Å²) in [7, 11) is 0. The summed E-state index contributed by atoms with van der Waals surface area (Å²) < 4.78 is 5.89. The predicted octanol–water partition coefficient (Wildman–Crippen LogP) is 4.23. The van der Waals surface area contributed by atoms with Gasteiger partial charge in [0.05, 0.1) is 6.21 Å². The molecule has 3 aromatic carbocycles. The van der Waals surface area contributed by atoms with Gasteiger partial charge in [-0.15, -0.1) is 0 Å². The standard InChI is InChI=1S/C25H25N3O3/c1-3-20-8-4-6-10-22(20)27-24(29)25(30)28-26-16-21-9-5-7-11-23(21)31-17-19-14-12-18(2)13-15-19/h4-16H,3,17H2,1-2H3,(H,27,29)(H,28,30)/b26-16-. The molecule has 0 aliphatic rings. The Morgan fingerprint density at radius 2 is 1.65 bits per heavy atom. The summed E-state index contributed by atoms with van der Waals surface area (Å²) in [6, 6.07) is 22.8. The Kier molecular flexibility index (Phi) is 7.54. The molecule has 2 amide bonds. The summed E-state index contributed by atoms with van der Waals surface area (Å²) in [4.78, 5) is 24.2. The van der Waals surface area contributed by atoms with E-state index in [0.29, 0.717) is 23.6 Å². The van der Waals surface area contributed by atoms with Gasteiger partial charge >= 0.3 is 11.8 Å². The molecule has 0 atom stereocenters. The van der Waals surface area contributed by atoms with Crippen molar-refractivity contribution < 1.29 is 14.3 Å². The number of amides is 2. The van der Waals surface area contributed by atoms with Crippen LogP contribution in [0.4, 0.5) is 5.69 Å². The van der Waals surface area contributed by atoms with Crippen LogP contribution in [-0.4, -0.2) is 18.0 Å².